The van der Waals surface area contributed by atoms with Crippen molar-refractivity contribution >= 4 is 39.6 Å². The van der Waals surface area contributed by atoms with Crippen LogP contribution in [0.15, 0.2) is 48.5 Å². The van der Waals surface area contributed by atoms with Gasteiger partial charge in [0.05, 0.1) is 16.0 Å². The van der Waals surface area contributed by atoms with Gasteiger partial charge in [-0.25, -0.2) is 9.97 Å². The second-order valence-corrected chi connectivity index (χ2v) is 8.51. The summed E-state index contributed by atoms with van der Waals surface area (Å²) in [5.74, 6) is 0.0866. The minimum absolute atomic E-state index is 0.129. The van der Waals surface area contributed by atoms with Gasteiger partial charge in [-0.05, 0) is 30.5 Å². The van der Waals surface area contributed by atoms with E-state index in [-0.39, 0.29) is 16.8 Å². The molecule has 0 aliphatic heterocycles. The van der Waals surface area contributed by atoms with Crippen molar-refractivity contribution in [2.45, 2.75) is 46.1 Å². The van der Waals surface area contributed by atoms with Crippen molar-refractivity contribution in [2.75, 3.05) is 5.32 Å². The lowest BCUT2D eigenvalue weighted by molar-refractivity contribution is -0.384. The van der Waals surface area contributed by atoms with E-state index in [2.05, 4.69) is 25.2 Å². The summed E-state index contributed by atoms with van der Waals surface area (Å²) < 4.78 is 1.87. The highest BCUT2D eigenvalue weighted by molar-refractivity contribution is 6.07. The quantitative estimate of drug-likeness (QED) is 0.242. The van der Waals surface area contributed by atoms with Gasteiger partial charge < -0.3 is 9.88 Å². The van der Waals surface area contributed by atoms with E-state index in [9.17, 15) is 20.2 Å². The van der Waals surface area contributed by atoms with Gasteiger partial charge >= 0.3 is 0 Å². The molecule has 9 heteroatoms. The monoisotopic (exact) mass is 470 g/mol. The second kappa shape index (κ2) is 10.3. The number of rotatable bonds is 9. The van der Waals surface area contributed by atoms with Crippen molar-refractivity contribution in [3.05, 3.63) is 69.8 Å². The molecule has 4 aromatic rings. The number of nitrogens with one attached hydrogen (secondary N) is 1. The fourth-order valence-electron chi connectivity index (χ4n) is 4.23. The lowest BCUT2D eigenvalue weighted by Crippen LogP contribution is -2.19. The van der Waals surface area contributed by atoms with Gasteiger partial charge in [0.1, 0.15) is 23.0 Å². The predicted molar refractivity (Wildman–Crippen MR) is 134 cm³/mol. The fraction of sp³-hybridized carbons (Fsp3) is 0.308. The summed E-state index contributed by atoms with van der Waals surface area (Å²) in [6, 6.07) is 15.1. The largest absolute Gasteiger partial charge is 0.309 e. The molecule has 4 rings (SSSR count). The number of amides is 1. The molecule has 0 aliphatic rings. The van der Waals surface area contributed by atoms with Crippen LogP contribution in [0.2, 0.25) is 0 Å². The molecule has 2 aromatic carbocycles. The summed E-state index contributed by atoms with van der Waals surface area (Å²) in [6.45, 7) is 4.83. The first-order valence-electron chi connectivity index (χ1n) is 11.7. The first kappa shape index (κ1) is 23.8. The molecular formula is C26H26N6O3. The number of nitro benzene ring substituents is 1. The number of unbranched alkanes of at least 4 members (excludes halogenated alkanes) is 1. The molecular weight excluding hydrogens is 444 g/mol. The maximum Gasteiger partial charge on any atom is 0.270 e. The Morgan fingerprint density at radius 3 is 2.57 bits per heavy atom. The van der Waals surface area contributed by atoms with Crippen molar-refractivity contribution in [3.63, 3.8) is 0 Å². The molecule has 1 unspecified atom stereocenters. The number of carbonyl (C=O) groups is 1. The summed E-state index contributed by atoms with van der Waals surface area (Å²) in [5.41, 5.74) is 2.48. The average molecular weight is 471 g/mol. The zero-order valence-corrected chi connectivity index (χ0v) is 19.7. The van der Waals surface area contributed by atoms with E-state index in [1.54, 1.807) is 0 Å². The zero-order valence-electron chi connectivity index (χ0n) is 19.7. The van der Waals surface area contributed by atoms with Crippen molar-refractivity contribution in [3.8, 4) is 6.07 Å². The van der Waals surface area contributed by atoms with Gasteiger partial charge in [0.25, 0.3) is 11.6 Å². The molecule has 178 valence electrons. The Balaban J connectivity index is 1.86. The molecule has 35 heavy (non-hydrogen) atoms. The van der Waals surface area contributed by atoms with E-state index >= 15 is 0 Å². The summed E-state index contributed by atoms with van der Waals surface area (Å²) in [4.78, 5) is 33.3. The van der Waals surface area contributed by atoms with Crippen LogP contribution in [-0.2, 0) is 6.54 Å². The molecule has 1 N–H and O–H groups in total. The summed E-state index contributed by atoms with van der Waals surface area (Å²) in [5, 5.41) is 24.1. The predicted octanol–water partition coefficient (Wildman–Crippen LogP) is 5.83. The number of benzene rings is 2. The Bertz CT molecular complexity index is 1450. The molecule has 9 nitrogen and oxygen atoms in total. The van der Waals surface area contributed by atoms with Gasteiger partial charge in [-0.15, -0.1) is 0 Å². The van der Waals surface area contributed by atoms with Crippen LogP contribution in [0.1, 0.15) is 55.5 Å². The molecule has 0 radical (unpaired) electrons. The molecule has 0 saturated heterocycles. The van der Waals surface area contributed by atoms with Crippen LogP contribution >= 0.6 is 0 Å². The van der Waals surface area contributed by atoms with Gasteiger partial charge in [0.15, 0.2) is 5.65 Å². The maximum atomic E-state index is 13.2. The van der Waals surface area contributed by atoms with E-state index in [0.717, 1.165) is 25.7 Å². The molecule has 2 heterocycles. The standard InChI is InChI=1S/C26H26N6O3/c1-3-5-9-17(4-2)16-31-24(30-26(33)18-10-8-11-19(14-18)32(34)35)20(15-27)23-25(31)29-22-13-7-6-12-21(22)28-23/h6-8,10-14,17H,3-5,9,16H2,1-2H3,(H,30,33). The molecule has 0 spiro atoms. The van der Waals surface area contributed by atoms with Crippen molar-refractivity contribution in [2.24, 2.45) is 5.92 Å². The highest BCUT2D eigenvalue weighted by atomic mass is 16.6. The number of nitriles is 1. The Morgan fingerprint density at radius 2 is 1.91 bits per heavy atom. The molecule has 1 atom stereocenters. The number of nitrogens with zero attached hydrogens (tertiary/aromatic N) is 5. The number of carbonyl (C=O) groups excluding carboxylic acids is 1. The Hall–Kier alpha value is -4.32. The van der Waals surface area contributed by atoms with Crippen LogP contribution < -0.4 is 5.32 Å². The van der Waals surface area contributed by atoms with Crippen LogP contribution in [0, 0.1) is 27.4 Å². The van der Waals surface area contributed by atoms with Crippen molar-refractivity contribution in [1.29, 1.82) is 5.26 Å². The highest BCUT2D eigenvalue weighted by Crippen LogP contribution is 2.32. The SMILES string of the molecule is CCCCC(CC)Cn1c(NC(=O)c2cccc([N+](=O)[O-])c2)c(C#N)c2nc3ccccc3nc21. The topological polar surface area (TPSA) is 127 Å². The zero-order chi connectivity index (χ0) is 24.9. The van der Waals surface area contributed by atoms with E-state index < -0.39 is 10.8 Å². The van der Waals surface area contributed by atoms with Gasteiger partial charge in [-0.3, -0.25) is 14.9 Å². The number of anilines is 1. The van der Waals surface area contributed by atoms with E-state index in [0.29, 0.717) is 40.5 Å². The van der Waals surface area contributed by atoms with Crippen LogP contribution in [0.4, 0.5) is 11.5 Å². The third kappa shape index (κ3) is 4.82. The minimum atomic E-state index is -0.548. The normalized spacial score (nSPS) is 11.9. The van der Waals surface area contributed by atoms with Crippen LogP contribution in [0.3, 0.4) is 0 Å². The number of para-hydroxylation sites is 2. The summed E-state index contributed by atoms with van der Waals surface area (Å²) in [7, 11) is 0. The first-order chi connectivity index (χ1) is 17.0. The third-order valence-corrected chi connectivity index (χ3v) is 6.20. The van der Waals surface area contributed by atoms with E-state index in [1.807, 2.05) is 28.8 Å². The van der Waals surface area contributed by atoms with Gasteiger partial charge in [0.2, 0.25) is 0 Å². The van der Waals surface area contributed by atoms with Crippen LogP contribution in [-0.4, -0.2) is 25.4 Å². The lowest BCUT2D eigenvalue weighted by atomic mass is 9.99. The number of hydrogen-bond donors (Lipinski definition) is 1. The Kier molecular flexibility index (Phi) is 7.01. The molecule has 1 amide bonds. The van der Waals surface area contributed by atoms with Gasteiger partial charge in [-0.2, -0.15) is 5.26 Å². The van der Waals surface area contributed by atoms with Crippen LogP contribution in [0.5, 0.6) is 0 Å². The third-order valence-electron chi connectivity index (χ3n) is 6.20. The Labute approximate surface area is 202 Å². The number of hydrogen-bond acceptors (Lipinski definition) is 6. The van der Waals surface area contributed by atoms with Crippen molar-refractivity contribution in [1.82, 2.24) is 14.5 Å². The molecule has 0 aliphatic carbocycles. The molecule has 2 aromatic heterocycles. The Morgan fingerprint density at radius 1 is 1.17 bits per heavy atom. The first-order valence-corrected chi connectivity index (χ1v) is 11.7. The minimum Gasteiger partial charge on any atom is -0.309 e. The molecule has 0 saturated carbocycles. The number of nitro groups is 1. The maximum absolute atomic E-state index is 13.2. The smallest absolute Gasteiger partial charge is 0.270 e. The van der Waals surface area contributed by atoms with Crippen LogP contribution in [0.25, 0.3) is 22.2 Å². The van der Waals surface area contributed by atoms with E-state index in [4.69, 9.17) is 9.97 Å². The molecule has 0 fully saturated rings. The fourth-order valence-corrected chi connectivity index (χ4v) is 4.23. The number of non-ortho nitro benzene ring substituents is 1. The van der Waals surface area contributed by atoms with Gasteiger partial charge in [0, 0.05) is 24.2 Å². The van der Waals surface area contributed by atoms with Gasteiger partial charge in [-0.1, -0.05) is 51.3 Å². The average Bonchev–Trinajstić information content (AvgIpc) is 3.15. The number of aromatic nitrogens is 3. The second-order valence-electron chi connectivity index (χ2n) is 8.51. The lowest BCUT2D eigenvalue weighted by Gasteiger charge is -2.18. The molecule has 0 bridgehead atoms. The summed E-state index contributed by atoms with van der Waals surface area (Å²) >= 11 is 0. The van der Waals surface area contributed by atoms with E-state index in [1.165, 1.54) is 24.3 Å². The number of fused-ring (bicyclic) bond motifs is 2. The summed E-state index contributed by atoms with van der Waals surface area (Å²) in [6.07, 6.45) is 4.09. The highest BCUT2D eigenvalue weighted by Gasteiger charge is 2.24. The van der Waals surface area contributed by atoms with Crippen molar-refractivity contribution < 1.29 is 9.72 Å².